The molecule has 23 heavy (non-hydrogen) atoms. The molecule has 0 aliphatic rings. The van der Waals surface area contributed by atoms with Gasteiger partial charge in [0.15, 0.2) is 11.5 Å². The minimum Gasteiger partial charge on any atom is -0.493 e. The molecule has 1 aromatic carbocycles. The fourth-order valence-corrected chi connectivity index (χ4v) is 1.74. The van der Waals surface area contributed by atoms with E-state index in [2.05, 4.69) is 14.8 Å². The van der Waals surface area contributed by atoms with Gasteiger partial charge in [-0.2, -0.15) is 0 Å². The van der Waals surface area contributed by atoms with Crippen LogP contribution < -0.4 is 19.5 Å². The third-order valence-corrected chi connectivity index (χ3v) is 2.81. The third-order valence-electron chi connectivity index (χ3n) is 2.81. The van der Waals surface area contributed by atoms with Crippen molar-refractivity contribution in [2.24, 2.45) is 0 Å². The maximum absolute atomic E-state index is 11.8. The van der Waals surface area contributed by atoms with Gasteiger partial charge in [0.1, 0.15) is 5.70 Å². The highest BCUT2D eigenvalue weighted by Crippen LogP contribution is 2.40. The van der Waals surface area contributed by atoms with Gasteiger partial charge in [0, 0.05) is 17.8 Å². The number of carbonyl (C=O) groups is 2. The van der Waals surface area contributed by atoms with E-state index in [0.717, 1.165) is 6.08 Å². The zero-order valence-corrected chi connectivity index (χ0v) is 13.6. The zero-order chi connectivity index (χ0) is 17.4. The van der Waals surface area contributed by atoms with Crippen molar-refractivity contribution in [3.63, 3.8) is 0 Å². The molecule has 1 N–H and O–H groups in total. The van der Waals surface area contributed by atoms with Crippen LogP contribution in [0.3, 0.4) is 0 Å². The van der Waals surface area contributed by atoms with Crippen molar-refractivity contribution in [2.45, 2.75) is 0 Å². The molecule has 126 valence electrons. The highest BCUT2D eigenvalue weighted by molar-refractivity contribution is 5.98. The number of methoxy groups -OCH3 is 5. The van der Waals surface area contributed by atoms with Gasteiger partial charge in [-0.1, -0.05) is 0 Å². The first-order chi connectivity index (χ1) is 11.0. The van der Waals surface area contributed by atoms with E-state index in [1.165, 1.54) is 35.5 Å². The summed E-state index contributed by atoms with van der Waals surface area (Å²) < 4.78 is 24.8. The number of esters is 2. The van der Waals surface area contributed by atoms with E-state index >= 15 is 0 Å². The van der Waals surface area contributed by atoms with Crippen molar-refractivity contribution < 1.29 is 33.3 Å². The largest absolute Gasteiger partial charge is 0.493 e. The summed E-state index contributed by atoms with van der Waals surface area (Å²) in [6.07, 6.45) is 0.981. The van der Waals surface area contributed by atoms with Crippen LogP contribution in [-0.2, 0) is 19.1 Å². The number of hydrogen-bond donors (Lipinski definition) is 1. The predicted octanol–water partition coefficient (Wildman–Crippen LogP) is 1.35. The van der Waals surface area contributed by atoms with Gasteiger partial charge >= 0.3 is 11.9 Å². The molecular weight excluding hydrogens is 306 g/mol. The highest BCUT2D eigenvalue weighted by atomic mass is 16.5. The van der Waals surface area contributed by atoms with Crippen molar-refractivity contribution in [3.05, 3.63) is 23.9 Å². The maximum Gasteiger partial charge on any atom is 0.354 e. The van der Waals surface area contributed by atoms with Gasteiger partial charge in [-0.15, -0.1) is 0 Å². The second-order valence-electron chi connectivity index (χ2n) is 4.11. The summed E-state index contributed by atoms with van der Waals surface area (Å²) in [7, 11) is 6.81. The van der Waals surface area contributed by atoms with Crippen LogP contribution in [0.25, 0.3) is 0 Å². The Kier molecular flexibility index (Phi) is 6.72. The first-order valence-corrected chi connectivity index (χ1v) is 6.45. The summed E-state index contributed by atoms with van der Waals surface area (Å²) >= 11 is 0. The molecule has 0 radical (unpaired) electrons. The van der Waals surface area contributed by atoms with Crippen molar-refractivity contribution in [2.75, 3.05) is 40.9 Å². The summed E-state index contributed by atoms with van der Waals surface area (Å²) in [5, 5.41) is 2.77. The van der Waals surface area contributed by atoms with E-state index in [4.69, 9.17) is 14.2 Å². The highest BCUT2D eigenvalue weighted by Gasteiger charge is 2.17. The second kappa shape index (κ2) is 8.52. The lowest BCUT2D eigenvalue weighted by Crippen LogP contribution is -2.15. The molecule has 0 amide bonds. The molecule has 0 bridgehead atoms. The first-order valence-electron chi connectivity index (χ1n) is 6.45. The molecule has 0 aromatic heterocycles. The molecule has 0 unspecified atom stereocenters. The molecule has 0 spiro atoms. The van der Waals surface area contributed by atoms with E-state index in [1.807, 2.05) is 0 Å². The minimum atomic E-state index is -0.732. The Morgan fingerprint density at radius 1 is 0.913 bits per heavy atom. The van der Waals surface area contributed by atoms with Gasteiger partial charge in [0.2, 0.25) is 5.75 Å². The summed E-state index contributed by atoms with van der Waals surface area (Å²) in [5.41, 5.74) is 0.327. The summed E-state index contributed by atoms with van der Waals surface area (Å²) in [5.74, 6) is -0.264. The van der Waals surface area contributed by atoms with E-state index in [9.17, 15) is 9.59 Å². The van der Waals surface area contributed by atoms with Crippen molar-refractivity contribution in [1.29, 1.82) is 0 Å². The van der Waals surface area contributed by atoms with Gasteiger partial charge in [-0.25, -0.2) is 9.59 Å². The molecule has 8 nitrogen and oxygen atoms in total. The molecular formula is C15H19NO7. The van der Waals surface area contributed by atoms with Crippen molar-refractivity contribution >= 4 is 17.6 Å². The Balaban J connectivity index is 3.25. The number of carbonyl (C=O) groups excluding carboxylic acids is 2. The fraction of sp³-hybridized carbons (Fsp3) is 0.333. The quantitative estimate of drug-likeness (QED) is 0.593. The molecule has 0 fully saturated rings. The Morgan fingerprint density at radius 2 is 1.48 bits per heavy atom. The van der Waals surface area contributed by atoms with Gasteiger partial charge < -0.3 is 29.0 Å². The average molecular weight is 325 g/mol. The van der Waals surface area contributed by atoms with Crippen LogP contribution in [0.5, 0.6) is 17.2 Å². The van der Waals surface area contributed by atoms with Crippen molar-refractivity contribution in [1.82, 2.24) is 0 Å². The number of anilines is 1. The Labute approximate surface area is 133 Å². The Bertz CT molecular complexity index is 585. The second-order valence-corrected chi connectivity index (χ2v) is 4.11. The molecule has 0 saturated heterocycles. The van der Waals surface area contributed by atoms with E-state index < -0.39 is 11.9 Å². The number of benzene rings is 1. The molecule has 0 aliphatic carbocycles. The lowest BCUT2D eigenvalue weighted by Gasteiger charge is -2.15. The molecule has 1 aromatic rings. The monoisotopic (exact) mass is 325 g/mol. The number of ether oxygens (including phenoxy) is 5. The molecule has 0 aliphatic heterocycles. The van der Waals surface area contributed by atoms with Gasteiger partial charge in [0.25, 0.3) is 0 Å². The van der Waals surface area contributed by atoms with Gasteiger partial charge in [-0.3, -0.25) is 0 Å². The predicted molar refractivity (Wildman–Crippen MR) is 81.8 cm³/mol. The molecule has 0 saturated carbocycles. The fourth-order valence-electron chi connectivity index (χ4n) is 1.74. The van der Waals surface area contributed by atoms with Crippen LogP contribution >= 0.6 is 0 Å². The van der Waals surface area contributed by atoms with Crippen LogP contribution in [0, 0.1) is 0 Å². The minimum absolute atomic E-state index is 0.103. The average Bonchev–Trinajstić information content (AvgIpc) is 2.58. The van der Waals surface area contributed by atoms with E-state index in [1.54, 1.807) is 12.1 Å². The number of hydrogen-bond acceptors (Lipinski definition) is 8. The number of rotatable bonds is 7. The van der Waals surface area contributed by atoms with Crippen molar-refractivity contribution in [3.8, 4) is 17.2 Å². The summed E-state index contributed by atoms with van der Waals surface area (Å²) in [6, 6.07) is 3.16. The molecule has 0 heterocycles. The van der Waals surface area contributed by atoms with Crippen LogP contribution in [0.4, 0.5) is 5.69 Å². The summed E-state index contributed by atoms with van der Waals surface area (Å²) in [6.45, 7) is 0. The van der Waals surface area contributed by atoms with E-state index in [0.29, 0.717) is 22.9 Å². The van der Waals surface area contributed by atoms with Gasteiger partial charge in [0.05, 0.1) is 41.6 Å². The first kappa shape index (κ1) is 18.1. The third kappa shape index (κ3) is 4.53. The SMILES string of the molecule is COC(=O)/C=C(/Nc1cc(OC)c(OC)c(OC)c1)C(=O)OC. The molecule has 1 rings (SSSR count). The van der Waals surface area contributed by atoms with Crippen LogP contribution in [0.1, 0.15) is 0 Å². The smallest absolute Gasteiger partial charge is 0.354 e. The Hall–Kier alpha value is -2.90. The summed E-state index contributed by atoms with van der Waals surface area (Å²) in [4.78, 5) is 23.1. The molecule has 8 heteroatoms. The molecule has 0 atom stereocenters. The van der Waals surface area contributed by atoms with Crippen LogP contribution in [-0.4, -0.2) is 47.5 Å². The van der Waals surface area contributed by atoms with Gasteiger partial charge in [-0.05, 0) is 0 Å². The lowest BCUT2D eigenvalue weighted by atomic mass is 10.2. The lowest BCUT2D eigenvalue weighted by molar-refractivity contribution is -0.138. The number of nitrogens with one attached hydrogen (secondary N) is 1. The topological polar surface area (TPSA) is 92.3 Å². The van der Waals surface area contributed by atoms with Crippen LogP contribution in [0.15, 0.2) is 23.9 Å². The normalized spacial score (nSPS) is 10.6. The Morgan fingerprint density at radius 3 is 1.87 bits per heavy atom. The maximum atomic E-state index is 11.8. The van der Waals surface area contributed by atoms with E-state index in [-0.39, 0.29) is 5.70 Å². The van der Waals surface area contributed by atoms with Crippen LogP contribution in [0.2, 0.25) is 0 Å². The standard InChI is InChI=1S/C15H19NO7/c1-19-11-6-9(7-12(20-2)14(11)22-4)16-10(15(18)23-5)8-13(17)21-3/h6-8,16H,1-5H3/b10-8+. The zero-order valence-electron chi connectivity index (χ0n) is 13.6.